The third-order valence-corrected chi connectivity index (χ3v) is 15.9. The van der Waals surface area contributed by atoms with Crippen molar-refractivity contribution in [1.29, 1.82) is 0 Å². The van der Waals surface area contributed by atoms with Gasteiger partial charge in [-0.25, -0.2) is 0 Å². The van der Waals surface area contributed by atoms with Crippen molar-refractivity contribution >= 4 is 49.5 Å². The van der Waals surface area contributed by atoms with Crippen LogP contribution in [0.1, 0.15) is 350 Å². The SMILES string of the molecule is CCCCCCCCCCO[PH](=O)[O-].CCCCCCCCCCO[PH](=O)[O-].CCCCCCCCCCO[PH](=O)[O-].CCCCCCCCCCO[PH](=O)[O-].CCCCCCCCCCO[PH](=O)[O-].CCCCCCCCCCO[PH](=O)[O-].[Mo+6]. The molecular weight excluding hydrogens is 1290 g/mol. The Morgan fingerprint density at radius 2 is 0.259 bits per heavy atom. The van der Waals surface area contributed by atoms with Gasteiger partial charge in [-0.2, -0.15) is 0 Å². The van der Waals surface area contributed by atoms with Crippen molar-refractivity contribution in [3.8, 4) is 0 Å². The fourth-order valence-electron chi connectivity index (χ4n) is 8.35. The first-order valence-corrected chi connectivity index (χ1v) is 41.0. The van der Waals surface area contributed by atoms with E-state index in [1.165, 1.54) is 231 Å². The van der Waals surface area contributed by atoms with Gasteiger partial charge in [0.25, 0.3) is 0 Å². The molecule has 6 atom stereocenters. The van der Waals surface area contributed by atoms with Crippen molar-refractivity contribution in [3.63, 3.8) is 0 Å². The molecule has 0 fully saturated rings. The van der Waals surface area contributed by atoms with Crippen LogP contribution in [0.5, 0.6) is 0 Å². The van der Waals surface area contributed by atoms with Gasteiger partial charge >= 0.3 is 21.1 Å². The van der Waals surface area contributed by atoms with Gasteiger partial charge in [0.1, 0.15) is 49.5 Å². The molecule has 0 aliphatic rings. The summed E-state index contributed by atoms with van der Waals surface area (Å²) in [4.78, 5) is 60.3. The molecule has 0 N–H and O–H groups in total. The van der Waals surface area contributed by atoms with Gasteiger partial charge in [0.2, 0.25) is 0 Å². The first-order valence-electron chi connectivity index (χ1n) is 33.6. The average molecular weight is 1420 g/mol. The van der Waals surface area contributed by atoms with Gasteiger partial charge in [-0.05, 0) is 38.5 Å². The molecule has 0 saturated carbocycles. The molecular formula is C60H132MoO18P6. The summed E-state index contributed by atoms with van der Waals surface area (Å²) in [6.07, 6.45) is 58.1. The quantitative estimate of drug-likeness (QED) is 0.0310. The summed E-state index contributed by atoms with van der Waals surface area (Å²) >= 11 is 0. The average Bonchev–Trinajstić information content (AvgIpc) is 3.45. The monoisotopic (exact) mass is 1420 g/mol. The molecule has 6 unspecified atom stereocenters. The Hall–Kier alpha value is 1.59. The standard InChI is InChI=1S/6C10H23O3P.Mo/c6*1-2-3-4-5-6-7-8-9-10-13-14(11)12;/h6*14H,2-10H2,1H3,(H,11,12);/q;;;;;;+6/p-6. The molecule has 0 aliphatic heterocycles. The third-order valence-electron chi connectivity index (χ3n) is 13.3. The van der Waals surface area contributed by atoms with Crippen LogP contribution in [0.15, 0.2) is 0 Å². The summed E-state index contributed by atoms with van der Waals surface area (Å²) in [5, 5.41) is 0. The Morgan fingerprint density at radius 1 is 0.176 bits per heavy atom. The summed E-state index contributed by atoms with van der Waals surface area (Å²) in [5.41, 5.74) is 0. The van der Waals surface area contributed by atoms with Crippen molar-refractivity contribution in [3.05, 3.63) is 0 Å². The molecule has 0 bridgehead atoms. The van der Waals surface area contributed by atoms with Crippen molar-refractivity contribution in [1.82, 2.24) is 0 Å². The Balaban J connectivity index is -0.000000171. The van der Waals surface area contributed by atoms with E-state index in [1.807, 2.05) is 0 Å². The Morgan fingerprint density at radius 3 is 0.341 bits per heavy atom. The number of rotatable bonds is 60. The van der Waals surface area contributed by atoms with Crippen LogP contribution < -0.4 is 29.4 Å². The number of hydrogen-bond acceptors (Lipinski definition) is 18. The third kappa shape index (κ3) is 131. The van der Waals surface area contributed by atoms with Crippen LogP contribution in [-0.4, -0.2) is 39.6 Å². The molecule has 25 heteroatoms. The van der Waals surface area contributed by atoms with E-state index in [2.05, 4.69) is 68.7 Å². The van der Waals surface area contributed by atoms with Crippen molar-refractivity contribution in [2.24, 2.45) is 0 Å². The summed E-state index contributed by atoms with van der Waals surface area (Å²) < 4.78 is 87.2. The van der Waals surface area contributed by atoms with E-state index in [9.17, 15) is 56.8 Å². The molecule has 85 heavy (non-hydrogen) atoms. The Labute approximate surface area is 540 Å². The zero-order valence-corrected chi connectivity index (χ0v) is 62.9. The molecule has 0 aromatic rings. The van der Waals surface area contributed by atoms with Gasteiger partial charge in [0, 0.05) is 0 Å². The summed E-state index contributed by atoms with van der Waals surface area (Å²) in [7, 11) is -17.6. The molecule has 0 radical (unpaired) electrons. The second-order valence-corrected chi connectivity index (χ2v) is 26.2. The van der Waals surface area contributed by atoms with Crippen LogP contribution in [0.3, 0.4) is 0 Å². The maximum absolute atomic E-state index is 10.1. The fraction of sp³-hybridized carbons (Fsp3) is 1.00. The first kappa shape index (κ1) is 100. The molecule has 516 valence electrons. The minimum absolute atomic E-state index is 0. The summed E-state index contributed by atoms with van der Waals surface area (Å²) in [5.74, 6) is 0. The van der Waals surface area contributed by atoms with Crippen LogP contribution >= 0.6 is 49.5 Å². The van der Waals surface area contributed by atoms with Gasteiger partial charge in [-0.1, -0.05) is 311 Å². The fourth-order valence-corrected chi connectivity index (χ4v) is 10.2. The van der Waals surface area contributed by atoms with Crippen molar-refractivity contribution < 1.29 is 105 Å². The van der Waals surface area contributed by atoms with Crippen molar-refractivity contribution in [2.45, 2.75) is 350 Å². The summed E-state index contributed by atoms with van der Waals surface area (Å²) in [6, 6.07) is 0. The zero-order chi connectivity index (χ0) is 63.9. The molecule has 0 amide bonds. The maximum atomic E-state index is 10.1. The van der Waals surface area contributed by atoms with E-state index < -0.39 is 49.5 Å². The second-order valence-electron chi connectivity index (χ2n) is 21.4. The zero-order valence-electron chi connectivity index (χ0n) is 54.9. The van der Waals surface area contributed by atoms with E-state index in [1.54, 1.807) is 0 Å². The van der Waals surface area contributed by atoms with Gasteiger partial charge < -0.3 is 83.9 Å². The van der Waals surface area contributed by atoms with Crippen molar-refractivity contribution in [2.75, 3.05) is 39.6 Å². The topological polar surface area (TPSA) is 296 Å². The minimum Gasteiger partial charge on any atom is -0.781 e. The molecule has 0 aromatic carbocycles. The minimum atomic E-state index is -2.94. The molecule has 0 aliphatic carbocycles. The molecule has 0 aromatic heterocycles. The van der Waals surface area contributed by atoms with E-state index in [4.69, 9.17) is 0 Å². The second kappa shape index (κ2) is 96.7. The van der Waals surface area contributed by atoms with E-state index in [-0.39, 0.29) is 21.1 Å². The maximum Gasteiger partial charge on any atom is 6.00 e. The smallest absolute Gasteiger partial charge is 0.781 e. The molecule has 18 nitrogen and oxygen atoms in total. The van der Waals surface area contributed by atoms with Crippen LogP contribution in [0, 0.1) is 0 Å². The summed E-state index contributed by atoms with van der Waals surface area (Å²) in [6.45, 7) is 15.5. The van der Waals surface area contributed by atoms with E-state index in [0.29, 0.717) is 39.6 Å². The predicted molar refractivity (Wildman–Crippen MR) is 345 cm³/mol. The molecule has 0 heterocycles. The van der Waals surface area contributed by atoms with Gasteiger partial charge in [0.15, 0.2) is 0 Å². The molecule has 0 spiro atoms. The van der Waals surface area contributed by atoms with Crippen LogP contribution in [0.25, 0.3) is 0 Å². The molecule has 0 rings (SSSR count). The van der Waals surface area contributed by atoms with Gasteiger partial charge in [-0.3, -0.25) is 0 Å². The molecule has 0 saturated heterocycles. The van der Waals surface area contributed by atoms with Gasteiger partial charge in [0.05, 0.1) is 39.6 Å². The number of unbranched alkanes of at least 4 members (excludes halogenated alkanes) is 42. The van der Waals surface area contributed by atoms with Crippen LogP contribution in [0.4, 0.5) is 0 Å². The Kier molecular flexibility index (Phi) is 114. The van der Waals surface area contributed by atoms with Gasteiger partial charge in [-0.15, -0.1) is 0 Å². The first-order chi connectivity index (χ1) is 40.6. The number of hydrogen-bond donors (Lipinski definition) is 0. The van der Waals surface area contributed by atoms with E-state index >= 15 is 0 Å². The van der Waals surface area contributed by atoms with Crippen LogP contribution in [0.2, 0.25) is 0 Å². The largest absolute Gasteiger partial charge is 6.00 e. The van der Waals surface area contributed by atoms with Crippen LogP contribution in [-0.2, 0) is 75.6 Å². The van der Waals surface area contributed by atoms with E-state index in [0.717, 1.165) is 77.0 Å². The Bertz CT molecular complexity index is 1090. The normalized spacial score (nSPS) is 12.8. The predicted octanol–water partition coefficient (Wildman–Crippen LogP) is 17.4.